The van der Waals surface area contributed by atoms with Gasteiger partial charge in [0.05, 0.1) is 17.3 Å². The third-order valence-electron chi connectivity index (χ3n) is 5.54. The third-order valence-corrected chi connectivity index (χ3v) is 5.75. The van der Waals surface area contributed by atoms with Gasteiger partial charge in [-0.15, -0.1) is 0 Å². The number of fused-ring (bicyclic) bond motifs is 1. The van der Waals surface area contributed by atoms with Crippen LogP contribution in [-0.2, 0) is 6.54 Å². The molecule has 148 valence electrons. The molecule has 28 heavy (non-hydrogen) atoms. The molecule has 2 aromatic carbocycles. The molecule has 2 N–H and O–H groups in total. The van der Waals surface area contributed by atoms with Crippen molar-refractivity contribution in [2.24, 2.45) is 5.92 Å². The van der Waals surface area contributed by atoms with Crippen LogP contribution in [0.5, 0.6) is 0 Å². The van der Waals surface area contributed by atoms with Gasteiger partial charge in [0.2, 0.25) is 0 Å². The summed E-state index contributed by atoms with van der Waals surface area (Å²) in [7, 11) is 1.88. The van der Waals surface area contributed by atoms with Crippen molar-refractivity contribution in [3.63, 3.8) is 0 Å². The van der Waals surface area contributed by atoms with Gasteiger partial charge in [-0.05, 0) is 43.1 Å². The summed E-state index contributed by atoms with van der Waals surface area (Å²) in [6, 6.07) is 7.56. The minimum atomic E-state index is -1.29. The summed E-state index contributed by atoms with van der Waals surface area (Å²) in [6.07, 6.45) is 3.33. The number of hydrogen-bond donors (Lipinski definition) is 2. The lowest BCUT2D eigenvalue weighted by Gasteiger charge is -2.33. The van der Waals surface area contributed by atoms with Crippen LogP contribution in [0.25, 0.3) is 10.9 Å². The number of nitrogens with zero attached hydrogens (tertiary/aromatic N) is 2. The van der Waals surface area contributed by atoms with Gasteiger partial charge >= 0.3 is 0 Å². The lowest BCUT2D eigenvalue weighted by Crippen LogP contribution is -2.37. The lowest BCUT2D eigenvalue weighted by atomic mass is 9.95. The normalized spacial score (nSPS) is 16.6. The smallest absolute Gasteiger partial charge is 0.133 e. The zero-order valence-electron chi connectivity index (χ0n) is 15.5. The molecule has 0 spiro atoms. The van der Waals surface area contributed by atoms with Crippen LogP contribution in [-0.4, -0.2) is 33.3 Å². The number of likely N-dealkylation sites (N-methyl/N-ethyl adjacent to an activating group) is 1. The van der Waals surface area contributed by atoms with Crippen molar-refractivity contribution in [1.29, 1.82) is 0 Å². The first-order valence-electron chi connectivity index (χ1n) is 9.37. The predicted octanol–water partition coefficient (Wildman–Crippen LogP) is 4.83. The Morgan fingerprint density at radius 2 is 2.00 bits per heavy atom. The molecule has 1 unspecified atom stereocenters. The molecule has 0 aliphatic heterocycles. The number of aliphatic hydroxyl groups is 1. The minimum absolute atomic E-state index is 0.0234. The van der Waals surface area contributed by atoms with E-state index in [1.807, 2.05) is 30.1 Å². The number of hydrogen-bond acceptors (Lipinski definition) is 3. The molecule has 2 atom stereocenters. The number of nitrogens with one attached hydrogen (secondary N) is 1. The molecule has 1 aliphatic rings. The molecular weight excluding hydrogens is 384 g/mol. The molecule has 4 rings (SSSR count). The molecule has 0 saturated heterocycles. The van der Waals surface area contributed by atoms with Crippen LogP contribution in [0, 0.1) is 17.6 Å². The van der Waals surface area contributed by atoms with E-state index in [0.717, 1.165) is 41.4 Å². The van der Waals surface area contributed by atoms with Gasteiger partial charge in [0.15, 0.2) is 0 Å². The molecule has 0 radical (unpaired) electrons. The van der Waals surface area contributed by atoms with E-state index in [4.69, 9.17) is 11.6 Å². The highest BCUT2D eigenvalue weighted by molar-refractivity contribution is 6.30. The zero-order chi connectivity index (χ0) is 19.8. The maximum atomic E-state index is 14.4. The average Bonchev–Trinajstić information content (AvgIpc) is 3.32. The fraction of sp³-hybridized carbons (Fsp3) is 0.381. The minimum Gasteiger partial charge on any atom is -0.387 e. The first-order valence-corrected chi connectivity index (χ1v) is 9.75. The monoisotopic (exact) mass is 405 g/mol. The Bertz CT molecular complexity index is 966. The summed E-state index contributed by atoms with van der Waals surface area (Å²) in [6.45, 7) is 0.530. The summed E-state index contributed by atoms with van der Waals surface area (Å²) in [5, 5.41) is 18.9. The van der Waals surface area contributed by atoms with Crippen LogP contribution in [0.4, 0.5) is 8.78 Å². The van der Waals surface area contributed by atoms with Crippen molar-refractivity contribution in [2.75, 3.05) is 7.05 Å². The summed E-state index contributed by atoms with van der Waals surface area (Å²) in [4.78, 5) is 1.97. The molecule has 1 saturated carbocycles. The SMILES string of the molecule is CN(Cc1cccc2[nH]ncc12)[C@@H](CC1CC1)C(O)c1c(F)cc(Cl)cc1F. The highest BCUT2D eigenvalue weighted by Gasteiger charge is 2.35. The van der Waals surface area contributed by atoms with E-state index in [2.05, 4.69) is 10.2 Å². The predicted molar refractivity (Wildman–Crippen MR) is 105 cm³/mol. The molecule has 1 fully saturated rings. The molecule has 0 amide bonds. The number of aliphatic hydroxyl groups excluding tert-OH is 1. The van der Waals surface area contributed by atoms with Crippen molar-refractivity contribution in [2.45, 2.75) is 38.0 Å². The molecule has 1 aliphatic carbocycles. The summed E-state index contributed by atoms with van der Waals surface area (Å²) in [5.41, 5.74) is 1.65. The van der Waals surface area contributed by atoms with Crippen molar-refractivity contribution in [3.8, 4) is 0 Å². The number of halogens is 3. The van der Waals surface area contributed by atoms with Crippen LogP contribution in [0.1, 0.15) is 36.5 Å². The van der Waals surface area contributed by atoms with E-state index in [9.17, 15) is 13.9 Å². The Morgan fingerprint density at radius 1 is 1.29 bits per heavy atom. The number of rotatable bonds is 7. The zero-order valence-corrected chi connectivity index (χ0v) is 16.3. The Morgan fingerprint density at radius 3 is 2.68 bits per heavy atom. The molecule has 1 aromatic heterocycles. The molecule has 1 heterocycles. The van der Waals surface area contributed by atoms with Crippen molar-refractivity contribution < 1.29 is 13.9 Å². The Balaban J connectivity index is 1.63. The number of aromatic amines is 1. The van der Waals surface area contributed by atoms with E-state index in [0.29, 0.717) is 18.9 Å². The van der Waals surface area contributed by atoms with Crippen LogP contribution in [0.3, 0.4) is 0 Å². The molecule has 3 aromatic rings. The fourth-order valence-corrected chi connectivity index (χ4v) is 4.02. The Labute approximate surface area is 167 Å². The number of H-pyrrole nitrogens is 1. The van der Waals surface area contributed by atoms with Crippen molar-refractivity contribution in [3.05, 3.63) is 64.3 Å². The van der Waals surface area contributed by atoms with Gasteiger partial charge in [-0.3, -0.25) is 10.00 Å². The highest BCUT2D eigenvalue weighted by atomic mass is 35.5. The molecule has 4 nitrogen and oxygen atoms in total. The van der Waals surface area contributed by atoms with E-state index in [1.165, 1.54) is 0 Å². The maximum Gasteiger partial charge on any atom is 0.133 e. The van der Waals surface area contributed by atoms with Crippen LogP contribution in [0.15, 0.2) is 36.5 Å². The third kappa shape index (κ3) is 3.90. The topological polar surface area (TPSA) is 52.2 Å². The highest BCUT2D eigenvalue weighted by Crippen LogP contribution is 2.39. The molecule has 0 bridgehead atoms. The van der Waals surface area contributed by atoms with E-state index in [1.54, 1.807) is 6.20 Å². The summed E-state index contributed by atoms with van der Waals surface area (Å²) in [5.74, 6) is -1.16. The van der Waals surface area contributed by atoms with Crippen LogP contribution in [0.2, 0.25) is 5.02 Å². The largest absolute Gasteiger partial charge is 0.387 e. The van der Waals surface area contributed by atoms with Crippen LogP contribution < -0.4 is 0 Å². The van der Waals surface area contributed by atoms with Gasteiger partial charge in [-0.25, -0.2) is 8.78 Å². The molecule has 7 heteroatoms. The van der Waals surface area contributed by atoms with Gasteiger partial charge in [-0.1, -0.05) is 36.6 Å². The van der Waals surface area contributed by atoms with Crippen LogP contribution >= 0.6 is 11.6 Å². The quantitative estimate of drug-likeness (QED) is 0.592. The lowest BCUT2D eigenvalue weighted by molar-refractivity contribution is 0.0456. The van der Waals surface area contributed by atoms with Crippen molar-refractivity contribution in [1.82, 2.24) is 15.1 Å². The number of aromatic nitrogens is 2. The Kier molecular flexibility index (Phi) is 5.36. The van der Waals surface area contributed by atoms with Crippen molar-refractivity contribution >= 4 is 22.5 Å². The fourth-order valence-electron chi connectivity index (χ4n) is 3.83. The average molecular weight is 406 g/mol. The van der Waals surface area contributed by atoms with E-state index >= 15 is 0 Å². The second-order valence-electron chi connectivity index (χ2n) is 7.64. The standard InChI is InChI=1S/C21H22ClF2N3O/c1-27(11-13-3-2-4-18-15(13)10-25-26-18)19(7-12-5-6-12)21(28)20-16(23)8-14(22)9-17(20)24/h2-4,8-10,12,19,21,28H,5-7,11H2,1H3,(H,25,26)/t19-,21?/m0/s1. The van der Waals surface area contributed by atoms with E-state index < -0.39 is 23.8 Å². The first kappa shape index (κ1) is 19.3. The number of benzene rings is 2. The second-order valence-corrected chi connectivity index (χ2v) is 8.07. The van der Waals surface area contributed by atoms with Gasteiger partial charge in [0.25, 0.3) is 0 Å². The van der Waals surface area contributed by atoms with E-state index in [-0.39, 0.29) is 10.6 Å². The molecular formula is C21H22ClF2N3O. The summed E-state index contributed by atoms with van der Waals surface area (Å²) < 4.78 is 28.8. The maximum absolute atomic E-state index is 14.4. The summed E-state index contributed by atoms with van der Waals surface area (Å²) >= 11 is 5.73. The van der Waals surface area contributed by atoms with Gasteiger partial charge in [0, 0.05) is 23.0 Å². The van der Waals surface area contributed by atoms with Gasteiger partial charge < -0.3 is 5.11 Å². The first-order chi connectivity index (χ1) is 13.4. The van der Waals surface area contributed by atoms with Gasteiger partial charge in [0.1, 0.15) is 17.7 Å². The van der Waals surface area contributed by atoms with Gasteiger partial charge in [-0.2, -0.15) is 5.10 Å². The second kappa shape index (κ2) is 7.78. The Hall–Kier alpha value is -2.02.